The van der Waals surface area contributed by atoms with Crippen molar-refractivity contribution in [1.29, 1.82) is 0 Å². The minimum Gasteiger partial charge on any atom is -0.496 e. The molecule has 0 bridgehead atoms. The van der Waals surface area contributed by atoms with Crippen LogP contribution < -0.4 is 10.5 Å². The van der Waals surface area contributed by atoms with E-state index in [0.717, 1.165) is 0 Å². The van der Waals surface area contributed by atoms with E-state index in [1.54, 1.807) is 42.5 Å². The van der Waals surface area contributed by atoms with Crippen LogP contribution in [0.1, 0.15) is 5.56 Å². The number of hydrogen-bond donors (Lipinski definition) is 1. The summed E-state index contributed by atoms with van der Waals surface area (Å²) in [6.07, 6.45) is 0. The molecule has 0 amide bonds. The van der Waals surface area contributed by atoms with Gasteiger partial charge in [0, 0.05) is 11.3 Å². The summed E-state index contributed by atoms with van der Waals surface area (Å²) in [5, 5.41) is 0. The molecular weight excluding hydrogens is 262 g/mol. The van der Waals surface area contributed by atoms with Crippen LogP contribution in [0.25, 0.3) is 0 Å². The lowest BCUT2D eigenvalue weighted by molar-refractivity contribution is 0.411. The number of sulfone groups is 1. The number of nitrogen functional groups attached to an aromatic ring is 1. The second-order valence-electron chi connectivity index (χ2n) is 4.14. The van der Waals surface area contributed by atoms with Crippen molar-refractivity contribution in [3.8, 4) is 5.75 Å². The maximum absolute atomic E-state index is 12.3. The number of para-hydroxylation sites is 1. The minimum atomic E-state index is -3.43. The molecule has 0 aliphatic heterocycles. The highest BCUT2D eigenvalue weighted by atomic mass is 32.2. The van der Waals surface area contributed by atoms with E-state index in [9.17, 15) is 8.42 Å². The molecule has 0 radical (unpaired) electrons. The van der Waals surface area contributed by atoms with Gasteiger partial charge < -0.3 is 10.5 Å². The second kappa shape index (κ2) is 5.32. The minimum absolute atomic E-state index is 0.111. The number of hydrogen-bond acceptors (Lipinski definition) is 4. The normalized spacial score (nSPS) is 11.2. The zero-order chi connectivity index (χ0) is 13.9. The molecule has 0 unspecified atom stereocenters. The first-order chi connectivity index (χ1) is 9.03. The van der Waals surface area contributed by atoms with Crippen LogP contribution in [0, 0.1) is 0 Å². The molecule has 2 aromatic rings. The zero-order valence-corrected chi connectivity index (χ0v) is 11.4. The number of methoxy groups -OCH3 is 1. The monoisotopic (exact) mass is 277 g/mol. The lowest BCUT2D eigenvalue weighted by Gasteiger charge is -2.09. The Bertz CT molecular complexity index is 681. The third-order valence-corrected chi connectivity index (χ3v) is 4.42. The average molecular weight is 277 g/mol. The molecule has 0 spiro atoms. The van der Waals surface area contributed by atoms with Gasteiger partial charge in [-0.15, -0.1) is 0 Å². The van der Waals surface area contributed by atoms with Crippen LogP contribution in [0.5, 0.6) is 5.75 Å². The predicted molar refractivity (Wildman–Crippen MR) is 74.7 cm³/mol. The molecule has 4 nitrogen and oxygen atoms in total. The van der Waals surface area contributed by atoms with Crippen molar-refractivity contribution in [3.63, 3.8) is 0 Å². The summed E-state index contributed by atoms with van der Waals surface area (Å²) in [7, 11) is -1.91. The third kappa shape index (κ3) is 3.06. The fourth-order valence-corrected chi connectivity index (χ4v) is 3.23. The summed E-state index contributed by atoms with van der Waals surface area (Å²) in [4.78, 5) is 0.221. The summed E-state index contributed by atoms with van der Waals surface area (Å²) < 4.78 is 29.8. The van der Waals surface area contributed by atoms with E-state index in [2.05, 4.69) is 0 Å². The summed E-state index contributed by atoms with van der Waals surface area (Å²) in [5.41, 5.74) is 6.68. The quantitative estimate of drug-likeness (QED) is 0.870. The van der Waals surface area contributed by atoms with Crippen LogP contribution in [0.3, 0.4) is 0 Å². The van der Waals surface area contributed by atoms with Gasteiger partial charge in [0.1, 0.15) is 5.75 Å². The first kappa shape index (κ1) is 13.4. The highest BCUT2D eigenvalue weighted by Crippen LogP contribution is 2.24. The van der Waals surface area contributed by atoms with Crippen LogP contribution in [0.4, 0.5) is 5.69 Å². The third-order valence-electron chi connectivity index (χ3n) is 2.76. The van der Waals surface area contributed by atoms with E-state index in [4.69, 9.17) is 10.5 Å². The Balaban J connectivity index is 2.37. The largest absolute Gasteiger partial charge is 0.496 e. The Morgan fingerprint density at radius 3 is 2.53 bits per heavy atom. The van der Waals surface area contributed by atoms with E-state index in [0.29, 0.717) is 17.0 Å². The predicted octanol–water partition coefficient (Wildman–Crippen LogP) is 2.25. The van der Waals surface area contributed by atoms with Crippen LogP contribution >= 0.6 is 0 Å². The number of anilines is 1. The highest BCUT2D eigenvalue weighted by Gasteiger charge is 2.17. The summed E-state index contributed by atoms with van der Waals surface area (Å²) in [6, 6.07) is 13.4. The standard InChI is InChI=1S/C14H15NO3S/c1-18-14-8-3-2-5-11(14)10-19(16,17)13-7-4-6-12(15)9-13/h2-9H,10,15H2,1H3. The number of benzene rings is 2. The number of ether oxygens (including phenoxy) is 1. The molecule has 0 saturated carbocycles. The van der Waals surface area contributed by atoms with Crippen molar-refractivity contribution in [1.82, 2.24) is 0 Å². The molecule has 0 saturated heterocycles. The molecule has 0 aliphatic rings. The van der Waals surface area contributed by atoms with Crippen LogP contribution in [-0.2, 0) is 15.6 Å². The average Bonchev–Trinajstić information content (AvgIpc) is 2.39. The second-order valence-corrected chi connectivity index (χ2v) is 6.13. The maximum atomic E-state index is 12.3. The molecule has 2 aromatic carbocycles. The fraction of sp³-hybridized carbons (Fsp3) is 0.143. The molecule has 100 valence electrons. The fourth-order valence-electron chi connectivity index (χ4n) is 1.82. The van der Waals surface area contributed by atoms with Crippen molar-refractivity contribution >= 4 is 15.5 Å². The van der Waals surface area contributed by atoms with Gasteiger partial charge in [-0.25, -0.2) is 8.42 Å². The molecule has 0 aromatic heterocycles. The van der Waals surface area contributed by atoms with Crippen LogP contribution in [0.15, 0.2) is 53.4 Å². The number of nitrogens with two attached hydrogens (primary N) is 1. The van der Waals surface area contributed by atoms with Crippen LogP contribution in [-0.4, -0.2) is 15.5 Å². The van der Waals surface area contributed by atoms with Gasteiger partial charge in [0.15, 0.2) is 9.84 Å². The van der Waals surface area contributed by atoms with E-state index in [1.807, 2.05) is 0 Å². The molecule has 0 atom stereocenters. The van der Waals surface area contributed by atoms with Gasteiger partial charge in [-0.2, -0.15) is 0 Å². The van der Waals surface area contributed by atoms with Gasteiger partial charge in [0.05, 0.1) is 17.8 Å². The highest BCUT2D eigenvalue weighted by molar-refractivity contribution is 7.90. The Morgan fingerprint density at radius 1 is 1.11 bits per heavy atom. The lowest BCUT2D eigenvalue weighted by atomic mass is 10.2. The molecule has 19 heavy (non-hydrogen) atoms. The Kier molecular flexibility index (Phi) is 3.76. The van der Waals surface area contributed by atoms with Gasteiger partial charge in [-0.05, 0) is 24.3 Å². The molecule has 0 aliphatic carbocycles. The zero-order valence-electron chi connectivity index (χ0n) is 10.5. The van der Waals surface area contributed by atoms with Gasteiger partial charge in [-0.1, -0.05) is 24.3 Å². The SMILES string of the molecule is COc1ccccc1CS(=O)(=O)c1cccc(N)c1. The molecule has 5 heteroatoms. The Morgan fingerprint density at radius 2 is 1.84 bits per heavy atom. The van der Waals surface area contributed by atoms with Gasteiger partial charge in [0.2, 0.25) is 0 Å². The molecule has 0 heterocycles. The smallest absolute Gasteiger partial charge is 0.182 e. The number of rotatable bonds is 4. The van der Waals surface area contributed by atoms with Gasteiger partial charge >= 0.3 is 0 Å². The molecule has 0 fully saturated rings. The van der Waals surface area contributed by atoms with E-state index < -0.39 is 9.84 Å². The topological polar surface area (TPSA) is 69.4 Å². The van der Waals surface area contributed by atoms with E-state index >= 15 is 0 Å². The van der Waals surface area contributed by atoms with Crippen molar-refractivity contribution in [3.05, 3.63) is 54.1 Å². The van der Waals surface area contributed by atoms with Crippen LogP contribution in [0.2, 0.25) is 0 Å². The molecule has 2 N–H and O–H groups in total. The summed E-state index contributed by atoms with van der Waals surface area (Å²) in [6.45, 7) is 0. The van der Waals surface area contributed by atoms with Gasteiger partial charge in [-0.3, -0.25) is 0 Å². The van der Waals surface area contributed by atoms with E-state index in [1.165, 1.54) is 13.2 Å². The lowest BCUT2D eigenvalue weighted by Crippen LogP contribution is -2.06. The van der Waals surface area contributed by atoms with Crippen molar-refractivity contribution in [2.24, 2.45) is 0 Å². The molecule has 2 rings (SSSR count). The summed E-state index contributed by atoms with van der Waals surface area (Å²) in [5.74, 6) is 0.454. The van der Waals surface area contributed by atoms with Crippen molar-refractivity contribution in [2.75, 3.05) is 12.8 Å². The van der Waals surface area contributed by atoms with E-state index in [-0.39, 0.29) is 10.6 Å². The first-order valence-electron chi connectivity index (χ1n) is 5.73. The Hall–Kier alpha value is -2.01. The van der Waals surface area contributed by atoms with Crippen molar-refractivity contribution < 1.29 is 13.2 Å². The van der Waals surface area contributed by atoms with Gasteiger partial charge in [0.25, 0.3) is 0 Å². The van der Waals surface area contributed by atoms with Crippen molar-refractivity contribution in [2.45, 2.75) is 10.6 Å². The maximum Gasteiger partial charge on any atom is 0.182 e. The molecular formula is C14H15NO3S. The first-order valence-corrected chi connectivity index (χ1v) is 7.38. The Labute approximate surface area is 112 Å². The summed E-state index contributed by atoms with van der Waals surface area (Å²) >= 11 is 0.